The highest BCUT2D eigenvalue weighted by atomic mass is 32.2. The number of aliphatic hydroxyl groups is 1. The zero-order valence-corrected chi connectivity index (χ0v) is 13.2. The van der Waals surface area contributed by atoms with Gasteiger partial charge in [-0.2, -0.15) is 0 Å². The third-order valence-corrected chi connectivity index (χ3v) is 6.62. The largest absolute Gasteiger partial charge is 0.393 e. The number of benzene rings is 1. The van der Waals surface area contributed by atoms with Crippen molar-refractivity contribution in [2.45, 2.75) is 62.1 Å². The van der Waals surface area contributed by atoms with Crippen LogP contribution in [0.4, 0.5) is 5.69 Å². The summed E-state index contributed by atoms with van der Waals surface area (Å²) in [7, 11) is -3.23. The van der Waals surface area contributed by atoms with E-state index in [0.717, 1.165) is 31.4 Å². The first-order valence-electron chi connectivity index (χ1n) is 7.81. The van der Waals surface area contributed by atoms with Gasteiger partial charge < -0.3 is 10.0 Å². The molecule has 2 saturated heterocycles. The topological polar surface area (TPSA) is 57.6 Å². The first-order valence-corrected chi connectivity index (χ1v) is 9.46. The van der Waals surface area contributed by atoms with E-state index in [1.54, 1.807) is 12.1 Å². The molecule has 21 heavy (non-hydrogen) atoms. The number of rotatable bonds is 4. The molecule has 0 aromatic heterocycles. The van der Waals surface area contributed by atoms with E-state index in [4.69, 9.17) is 0 Å². The van der Waals surface area contributed by atoms with Gasteiger partial charge in [-0.3, -0.25) is 0 Å². The molecule has 2 atom stereocenters. The fraction of sp³-hybridized carbons (Fsp3) is 0.625. The molecule has 0 aliphatic carbocycles. The Morgan fingerprint density at radius 1 is 1.19 bits per heavy atom. The number of anilines is 1. The van der Waals surface area contributed by atoms with Gasteiger partial charge in [0, 0.05) is 12.1 Å². The SMILES string of the molecule is CCCS(=O)(=O)c1ccccc1N1C2CCC1CC(O)C2. The van der Waals surface area contributed by atoms with Gasteiger partial charge in [0.1, 0.15) is 0 Å². The van der Waals surface area contributed by atoms with Gasteiger partial charge >= 0.3 is 0 Å². The Kier molecular flexibility index (Phi) is 3.97. The van der Waals surface area contributed by atoms with Crippen LogP contribution < -0.4 is 4.90 Å². The Hall–Kier alpha value is -1.07. The molecule has 2 aliphatic rings. The molecule has 4 nitrogen and oxygen atoms in total. The van der Waals surface area contributed by atoms with E-state index in [2.05, 4.69) is 4.90 Å². The highest BCUT2D eigenvalue weighted by molar-refractivity contribution is 7.91. The molecule has 1 aromatic carbocycles. The number of hydrogen-bond acceptors (Lipinski definition) is 4. The molecule has 5 heteroatoms. The number of aliphatic hydroxyl groups excluding tert-OH is 1. The lowest BCUT2D eigenvalue weighted by molar-refractivity contribution is 0.126. The van der Waals surface area contributed by atoms with Gasteiger partial charge in [0.05, 0.1) is 22.4 Å². The summed E-state index contributed by atoms with van der Waals surface area (Å²) in [4.78, 5) is 2.72. The predicted octanol–water partition coefficient (Wildman–Crippen LogP) is 2.36. The van der Waals surface area contributed by atoms with Crippen LogP contribution in [0.1, 0.15) is 39.0 Å². The molecule has 3 rings (SSSR count). The van der Waals surface area contributed by atoms with Crippen molar-refractivity contribution in [3.63, 3.8) is 0 Å². The quantitative estimate of drug-likeness (QED) is 0.927. The number of sulfone groups is 1. The summed E-state index contributed by atoms with van der Waals surface area (Å²) < 4.78 is 25.0. The Labute approximate surface area is 126 Å². The van der Waals surface area contributed by atoms with E-state index >= 15 is 0 Å². The highest BCUT2D eigenvalue weighted by Gasteiger charge is 2.41. The lowest BCUT2D eigenvalue weighted by Gasteiger charge is -2.39. The first kappa shape index (κ1) is 14.9. The lowest BCUT2D eigenvalue weighted by atomic mass is 9.99. The molecule has 2 bridgehead atoms. The minimum atomic E-state index is -3.23. The Balaban J connectivity index is 2.01. The standard InChI is InChI=1S/C16H23NO3S/c1-2-9-21(19,20)16-6-4-3-5-15(16)17-12-7-8-13(17)11-14(18)10-12/h3-6,12-14,18H,2,7-11H2,1H3. The van der Waals surface area contributed by atoms with Gasteiger partial charge in [-0.1, -0.05) is 19.1 Å². The third kappa shape index (κ3) is 2.69. The van der Waals surface area contributed by atoms with Crippen molar-refractivity contribution in [3.8, 4) is 0 Å². The van der Waals surface area contributed by atoms with Crippen LogP contribution in [-0.4, -0.2) is 37.5 Å². The average molecular weight is 309 g/mol. The van der Waals surface area contributed by atoms with E-state index in [-0.39, 0.29) is 23.9 Å². The van der Waals surface area contributed by atoms with Crippen LogP contribution >= 0.6 is 0 Å². The van der Waals surface area contributed by atoms with Gasteiger partial charge in [-0.25, -0.2) is 8.42 Å². The van der Waals surface area contributed by atoms with Gasteiger partial charge in [0.25, 0.3) is 0 Å². The molecule has 116 valence electrons. The van der Waals surface area contributed by atoms with Gasteiger partial charge in [0.15, 0.2) is 9.84 Å². The maximum atomic E-state index is 12.5. The second kappa shape index (κ2) is 5.61. The van der Waals surface area contributed by atoms with Crippen LogP contribution in [0.25, 0.3) is 0 Å². The van der Waals surface area contributed by atoms with Crippen LogP contribution in [0.5, 0.6) is 0 Å². The fourth-order valence-electron chi connectivity index (χ4n) is 3.85. The molecular weight excluding hydrogens is 286 g/mol. The zero-order chi connectivity index (χ0) is 15.0. The second-order valence-electron chi connectivity index (χ2n) is 6.20. The van der Waals surface area contributed by atoms with Crippen molar-refractivity contribution >= 4 is 15.5 Å². The smallest absolute Gasteiger partial charge is 0.180 e. The van der Waals surface area contributed by atoms with E-state index in [0.29, 0.717) is 11.3 Å². The van der Waals surface area contributed by atoms with E-state index < -0.39 is 9.84 Å². The van der Waals surface area contributed by atoms with Crippen molar-refractivity contribution in [3.05, 3.63) is 24.3 Å². The molecule has 2 fully saturated rings. The number of piperidine rings is 1. The van der Waals surface area contributed by atoms with Crippen LogP contribution in [-0.2, 0) is 9.84 Å². The van der Waals surface area contributed by atoms with Crippen LogP contribution in [0.2, 0.25) is 0 Å². The number of fused-ring (bicyclic) bond motifs is 2. The number of nitrogens with zero attached hydrogens (tertiary/aromatic N) is 1. The van der Waals surface area contributed by atoms with Crippen LogP contribution in [0.3, 0.4) is 0 Å². The van der Waals surface area contributed by atoms with Crippen molar-refractivity contribution in [2.75, 3.05) is 10.7 Å². The van der Waals surface area contributed by atoms with Crippen molar-refractivity contribution in [1.82, 2.24) is 0 Å². The number of para-hydroxylation sites is 1. The summed E-state index contributed by atoms with van der Waals surface area (Å²) in [5.41, 5.74) is 0.838. The molecule has 0 spiro atoms. The maximum Gasteiger partial charge on any atom is 0.180 e. The van der Waals surface area contributed by atoms with Crippen molar-refractivity contribution < 1.29 is 13.5 Å². The summed E-state index contributed by atoms with van der Waals surface area (Å²) in [6.07, 6.45) is 3.98. The van der Waals surface area contributed by atoms with Gasteiger partial charge in [0.2, 0.25) is 0 Å². The molecule has 2 unspecified atom stereocenters. The molecule has 1 N–H and O–H groups in total. The molecule has 2 aliphatic heterocycles. The normalized spacial score (nSPS) is 28.9. The lowest BCUT2D eigenvalue weighted by Crippen LogP contribution is -2.45. The molecular formula is C16H23NO3S. The van der Waals surface area contributed by atoms with Crippen molar-refractivity contribution in [2.24, 2.45) is 0 Å². The molecule has 0 saturated carbocycles. The van der Waals surface area contributed by atoms with E-state index in [9.17, 15) is 13.5 Å². The van der Waals surface area contributed by atoms with Crippen LogP contribution in [0, 0.1) is 0 Å². The minimum absolute atomic E-state index is 0.190. The van der Waals surface area contributed by atoms with E-state index in [1.807, 2.05) is 19.1 Å². The fourth-order valence-corrected chi connectivity index (χ4v) is 5.39. The Bertz CT molecular complexity index is 600. The minimum Gasteiger partial charge on any atom is -0.393 e. The second-order valence-corrected chi connectivity index (χ2v) is 8.28. The maximum absolute atomic E-state index is 12.5. The Morgan fingerprint density at radius 3 is 2.43 bits per heavy atom. The molecule has 0 amide bonds. The Morgan fingerprint density at radius 2 is 1.81 bits per heavy atom. The van der Waals surface area contributed by atoms with Crippen molar-refractivity contribution in [1.29, 1.82) is 0 Å². The summed E-state index contributed by atoms with van der Waals surface area (Å²) in [5, 5.41) is 9.92. The zero-order valence-electron chi connectivity index (χ0n) is 12.4. The van der Waals surface area contributed by atoms with Crippen LogP contribution in [0.15, 0.2) is 29.2 Å². The summed E-state index contributed by atoms with van der Waals surface area (Å²) in [5.74, 6) is 0.190. The third-order valence-electron chi connectivity index (χ3n) is 4.66. The van der Waals surface area contributed by atoms with Gasteiger partial charge in [-0.05, 0) is 44.2 Å². The molecule has 1 aromatic rings. The molecule has 2 heterocycles. The van der Waals surface area contributed by atoms with Gasteiger partial charge in [-0.15, -0.1) is 0 Å². The first-order chi connectivity index (χ1) is 10.0. The predicted molar refractivity (Wildman–Crippen MR) is 83.3 cm³/mol. The average Bonchev–Trinajstić information content (AvgIpc) is 2.71. The van der Waals surface area contributed by atoms with E-state index in [1.165, 1.54) is 0 Å². The summed E-state index contributed by atoms with van der Waals surface area (Å²) in [6.45, 7) is 1.89. The monoisotopic (exact) mass is 309 g/mol. The number of hydrogen-bond donors (Lipinski definition) is 1. The summed E-state index contributed by atoms with van der Waals surface area (Å²) >= 11 is 0. The highest BCUT2D eigenvalue weighted by Crippen LogP contribution is 2.41. The summed E-state index contributed by atoms with van der Waals surface area (Å²) in [6, 6.07) is 7.90. The molecule has 0 radical (unpaired) electrons.